The molecule has 112 valence electrons. The van der Waals surface area contributed by atoms with Crippen molar-refractivity contribution in [2.75, 3.05) is 0 Å². The van der Waals surface area contributed by atoms with E-state index in [1.54, 1.807) is 0 Å². The van der Waals surface area contributed by atoms with Crippen LogP contribution in [0.25, 0.3) is 0 Å². The molecule has 0 saturated heterocycles. The first-order valence-corrected chi connectivity index (χ1v) is 7.26. The highest BCUT2D eigenvalue weighted by Gasteiger charge is 2.32. The predicted octanol–water partition coefficient (Wildman–Crippen LogP) is 1.46. The molecule has 0 saturated carbocycles. The van der Waals surface area contributed by atoms with Gasteiger partial charge in [0.05, 0.1) is 4.92 Å². The van der Waals surface area contributed by atoms with Crippen LogP contribution in [0.1, 0.15) is 22.3 Å². The predicted molar refractivity (Wildman–Crippen MR) is 70.1 cm³/mol. The van der Waals surface area contributed by atoms with Crippen molar-refractivity contribution in [1.29, 1.82) is 0 Å². The lowest BCUT2D eigenvalue weighted by Gasteiger charge is -2.11. The van der Waals surface area contributed by atoms with Crippen LogP contribution in [0.15, 0.2) is 29.0 Å². The Morgan fingerprint density at radius 2 is 2.05 bits per heavy atom. The number of rotatable bonds is 5. The van der Waals surface area contributed by atoms with Crippen molar-refractivity contribution < 1.29 is 22.4 Å². The summed E-state index contributed by atoms with van der Waals surface area (Å²) in [4.78, 5) is 14.0. The Kier molecular flexibility index (Phi) is 4.00. The molecule has 9 nitrogen and oxygen atoms in total. The molecule has 2 rings (SSSR count). The first kappa shape index (κ1) is 15.1. The second kappa shape index (κ2) is 5.58. The quantitative estimate of drug-likeness (QED) is 0.497. The van der Waals surface area contributed by atoms with E-state index in [2.05, 4.69) is 10.1 Å². The van der Waals surface area contributed by atoms with Gasteiger partial charge < -0.3 is 4.52 Å². The molecule has 0 aromatic carbocycles. The maximum Gasteiger partial charge on any atom is 0.334 e. The second-order valence-corrected chi connectivity index (χ2v) is 5.88. The van der Waals surface area contributed by atoms with Gasteiger partial charge in [-0.15, -0.1) is 0 Å². The van der Waals surface area contributed by atoms with Gasteiger partial charge in [-0.2, -0.15) is 8.42 Å². The molecule has 0 spiro atoms. The van der Waals surface area contributed by atoms with Crippen LogP contribution in [-0.2, 0) is 16.5 Å². The van der Waals surface area contributed by atoms with Gasteiger partial charge >= 0.3 is 5.69 Å². The zero-order valence-electron chi connectivity index (χ0n) is 10.8. The molecule has 0 aliphatic rings. The Hall–Kier alpha value is -2.33. The summed E-state index contributed by atoms with van der Waals surface area (Å²) in [5.74, 6) is -0.211. The SMILES string of the molecule is Cc1noc(CC(c2ccncc2)S(=O)(=O)O)c1[N+](=O)[O-]. The summed E-state index contributed by atoms with van der Waals surface area (Å²) in [6.07, 6.45) is 2.31. The van der Waals surface area contributed by atoms with Gasteiger partial charge in [-0.3, -0.25) is 19.7 Å². The van der Waals surface area contributed by atoms with Gasteiger partial charge in [0.2, 0.25) is 5.76 Å². The van der Waals surface area contributed by atoms with Crippen molar-refractivity contribution >= 4 is 15.8 Å². The average molecular weight is 313 g/mol. The van der Waals surface area contributed by atoms with E-state index in [1.165, 1.54) is 31.5 Å². The molecule has 0 radical (unpaired) electrons. The molecule has 1 atom stereocenters. The third-order valence-electron chi connectivity index (χ3n) is 2.89. The summed E-state index contributed by atoms with van der Waals surface area (Å²) in [5.41, 5.74) is -0.104. The monoisotopic (exact) mass is 313 g/mol. The molecule has 2 heterocycles. The molecule has 1 N–H and O–H groups in total. The van der Waals surface area contributed by atoms with Gasteiger partial charge in [0.15, 0.2) is 5.69 Å². The zero-order chi connectivity index (χ0) is 15.6. The Labute approximate surface area is 119 Å². The number of hydrogen-bond donors (Lipinski definition) is 1. The molecule has 2 aromatic rings. The highest BCUT2D eigenvalue weighted by molar-refractivity contribution is 7.86. The molecular weight excluding hydrogens is 302 g/mol. The molecule has 0 aliphatic carbocycles. The number of nitrogens with zero attached hydrogens (tertiary/aromatic N) is 3. The fraction of sp³-hybridized carbons (Fsp3) is 0.273. The lowest BCUT2D eigenvalue weighted by atomic mass is 10.1. The molecule has 21 heavy (non-hydrogen) atoms. The smallest absolute Gasteiger partial charge is 0.334 e. The van der Waals surface area contributed by atoms with Crippen molar-refractivity contribution in [2.45, 2.75) is 18.6 Å². The maximum absolute atomic E-state index is 11.5. The van der Waals surface area contributed by atoms with Gasteiger partial charge in [0.1, 0.15) is 5.25 Å². The van der Waals surface area contributed by atoms with Gasteiger partial charge in [0.25, 0.3) is 10.1 Å². The normalized spacial score (nSPS) is 13.0. The maximum atomic E-state index is 11.5. The van der Waals surface area contributed by atoms with Gasteiger partial charge in [-0.1, -0.05) is 5.16 Å². The Morgan fingerprint density at radius 1 is 1.43 bits per heavy atom. The Balaban J connectivity index is 2.45. The van der Waals surface area contributed by atoms with E-state index < -0.39 is 32.4 Å². The Morgan fingerprint density at radius 3 is 2.57 bits per heavy atom. The van der Waals surface area contributed by atoms with E-state index >= 15 is 0 Å². The van der Waals surface area contributed by atoms with E-state index in [0.29, 0.717) is 0 Å². The summed E-state index contributed by atoms with van der Waals surface area (Å²) >= 11 is 0. The summed E-state index contributed by atoms with van der Waals surface area (Å²) in [5, 5.41) is 13.0. The van der Waals surface area contributed by atoms with Crippen LogP contribution < -0.4 is 0 Å². The molecule has 10 heteroatoms. The summed E-state index contributed by atoms with van der Waals surface area (Å²) < 4.78 is 37.2. The molecule has 0 bridgehead atoms. The average Bonchev–Trinajstić information content (AvgIpc) is 2.77. The van der Waals surface area contributed by atoms with Crippen LogP contribution in [0.4, 0.5) is 5.69 Å². The molecule has 0 amide bonds. The molecule has 1 unspecified atom stereocenters. The van der Waals surface area contributed by atoms with Crippen molar-refractivity contribution in [3.63, 3.8) is 0 Å². The zero-order valence-corrected chi connectivity index (χ0v) is 11.6. The van der Waals surface area contributed by atoms with Crippen molar-refractivity contribution in [1.82, 2.24) is 10.1 Å². The Bertz CT molecular complexity index is 756. The fourth-order valence-electron chi connectivity index (χ4n) is 1.92. The largest absolute Gasteiger partial charge is 0.354 e. The van der Waals surface area contributed by atoms with E-state index in [-0.39, 0.29) is 17.0 Å². The summed E-state index contributed by atoms with van der Waals surface area (Å²) in [6, 6.07) is 2.79. The van der Waals surface area contributed by atoms with Crippen LogP contribution >= 0.6 is 0 Å². The third-order valence-corrected chi connectivity index (χ3v) is 4.05. The first-order valence-electron chi connectivity index (χ1n) is 5.76. The van der Waals surface area contributed by atoms with E-state index in [9.17, 15) is 23.1 Å². The fourth-order valence-corrected chi connectivity index (χ4v) is 2.78. The van der Waals surface area contributed by atoms with Crippen molar-refractivity contribution in [3.05, 3.63) is 51.7 Å². The van der Waals surface area contributed by atoms with Crippen LogP contribution in [0.5, 0.6) is 0 Å². The molecule has 0 fully saturated rings. The molecule has 2 aromatic heterocycles. The topological polar surface area (TPSA) is 136 Å². The van der Waals surface area contributed by atoms with Gasteiger partial charge in [0, 0.05) is 18.8 Å². The molecular formula is C11H11N3O6S. The van der Waals surface area contributed by atoms with Crippen LogP contribution in [0, 0.1) is 17.0 Å². The van der Waals surface area contributed by atoms with Crippen LogP contribution in [0.3, 0.4) is 0 Å². The van der Waals surface area contributed by atoms with Crippen molar-refractivity contribution in [3.8, 4) is 0 Å². The highest BCUT2D eigenvalue weighted by atomic mass is 32.2. The minimum Gasteiger partial charge on any atom is -0.354 e. The lowest BCUT2D eigenvalue weighted by Crippen LogP contribution is -2.15. The van der Waals surface area contributed by atoms with E-state index in [4.69, 9.17) is 4.52 Å². The number of aromatic nitrogens is 2. The van der Waals surface area contributed by atoms with E-state index in [0.717, 1.165) is 0 Å². The van der Waals surface area contributed by atoms with E-state index in [1.807, 2.05) is 0 Å². The number of pyridine rings is 1. The minimum atomic E-state index is -4.49. The van der Waals surface area contributed by atoms with Gasteiger partial charge in [-0.05, 0) is 24.6 Å². The second-order valence-electron chi connectivity index (χ2n) is 4.29. The van der Waals surface area contributed by atoms with Crippen LogP contribution in [0.2, 0.25) is 0 Å². The van der Waals surface area contributed by atoms with Crippen LogP contribution in [-0.4, -0.2) is 28.0 Å². The summed E-state index contributed by atoms with van der Waals surface area (Å²) in [6.45, 7) is 1.38. The standard InChI is InChI=1S/C11H11N3O6S/c1-7-11(14(15)16)9(20-13-7)6-10(21(17,18)19)8-2-4-12-5-3-8/h2-5,10H,6H2,1H3,(H,17,18,19). The lowest BCUT2D eigenvalue weighted by molar-refractivity contribution is -0.386. The third kappa shape index (κ3) is 3.23. The molecule has 0 aliphatic heterocycles. The van der Waals surface area contributed by atoms with Crippen molar-refractivity contribution in [2.24, 2.45) is 0 Å². The first-order chi connectivity index (χ1) is 9.80. The number of nitro groups is 1. The highest BCUT2D eigenvalue weighted by Crippen LogP contribution is 2.31. The minimum absolute atomic E-state index is 0.0406. The summed E-state index contributed by atoms with van der Waals surface area (Å²) in [7, 11) is -4.49. The number of aryl methyl sites for hydroxylation is 1. The number of hydrogen-bond acceptors (Lipinski definition) is 7. The van der Waals surface area contributed by atoms with Gasteiger partial charge in [-0.25, -0.2) is 0 Å².